The molecule has 0 fully saturated rings. The van der Waals surface area contributed by atoms with Gasteiger partial charge in [-0.25, -0.2) is 15.0 Å². The second-order valence-electron chi connectivity index (χ2n) is 6.69. The average molecular weight is 528 g/mol. The van der Waals surface area contributed by atoms with Crippen LogP contribution in [-0.2, 0) is 0 Å². The molecule has 0 aliphatic heterocycles. The molecule has 0 bridgehead atoms. The number of alkyl halides is 3. The third kappa shape index (κ3) is 6.03. The van der Waals surface area contributed by atoms with Gasteiger partial charge in [0.1, 0.15) is 23.6 Å². The molecular weight excluding hydrogens is 511 g/mol. The monoisotopic (exact) mass is 527 g/mol. The number of amides is 2. The lowest BCUT2D eigenvalue weighted by Gasteiger charge is -2.15. The number of benzene rings is 1. The fourth-order valence-electron chi connectivity index (χ4n) is 2.83. The van der Waals surface area contributed by atoms with Gasteiger partial charge in [0.2, 0.25) is 0 Å². The van der Waals surface area contributed by atoms with E-state index in [0.29, 0.717) is 5.82 Å². The van der Waals surface area contributed by atoms with E-state index in [1.54, 1.807) is 13.8 Å². The van der Waals surface area contributed by atoms with E-state index in [1.165, 1.54) is 30.2 Å². The fraction of sp³-hybridized carbons (Fsp3) is 0.263. The SMILES string of the molecule is CNC(=O)c1cc(-n2nc(C)nc2[C@H](C)NC(=O)c2cc(Br)cc(OC(F)(F)F)c2)ncn1. The lowest BCUT2D eigenvalue weighted by atomic mass is 10.2. The molecule has 3 aromatic rings. The van der Waals surface area contributed by atoms with Crippen LogP contribution in [0.2, 0.25) is 0 Å². The zero-order chi connectivity index (χ0) is 24.3. The van der Waals surface area contributed by atoms with E-state index < -0.39 is 30.0 Å². The van der Waals surface area contributed by atoms with Gasteiger partial charge in [-0.05, 0) is 32.0 Å². The molecule has 0 spiro atoms. The van der Waals surface area contributed by atoms with E-state index in [-0.39, 0.29) is 27.4 Å². The lowest BCUT2D eigenvalue weighted by Crippen LogP contribution is -2.29. The number of nitrogens with one attached hydrogen (secondary N) is 2. The van der Waals surface area contributed by atoms with Crippen molar-refractivity contribution in [1.82, 2.24) is 35.4 Å². The van der Waals surface area contributed by atoms with Gasteiger partial charge in [0, 0.05) is 23.2 Å². The van der Waals surface area contributed by atoms with E-state index in [2.05, 4.69) is 51.4 Å². The highest BCUT2D eigenvalue weighted by Crippen LogP contribution is 2.27. The molecule has 33 heavy (non-hydrogen) atoms. The first-order valence-corrected chi connectivity index (χ1v) is 10.1. The summed E-state index contributed by atoms with van der Waals surface area (Å²) in [6.45, 7) is 3.24. The van der Waals surface area contributed by atoms with E-state index >= 15 is 0 Å². The molecule has 2 N–H and O–H groups in total. The summed E-state index contributed by atoms with van der Waals surface area (Å²) in [6, 6.07) is 4.08. The standard InChI is InChI=1S/C19H17BrF3N7O3/c1-9(27-17(31)11-4-12(20)6-13(5-11)33-19(21,22)23)16-28-10(2)29-30(16)15-7-14(18(32)24-3)25-8-26-15/h4-9H,1-3H3,(H,24,32)(H,27,31)/t9-/m0/s1. The zero-order valence-corrected chi connectivity index (χ0v) is 19.0. The summed E-state index contributed by atoms with van der Waals surface area (Å²) in [6.07, 6.45) is -3.71. The summed E-state index contributed by atoms with van der Waals surface area (Å²) in [7, 11) is 1.46. The summed E-state index contributed by atoms with van der Waals surface area (Å²) in [5.41, 5.74) is 0.0341. The van der Waals surface area contributed by atoms with Gasteiger partial charge >= 0.3 is 6.36 Å². The molecule has 2 aromatic heterocycles. The summed E-state index contributed by atoms with van der Waals surface area (Å²) in [5, 5.41) is 9.37. The van der Waals surface area contributed by atoms with Crippen LogP contribution in [0.15, 0.2) is 35.1 Å². The molecule has 0 saturated carbocycles. The quantitative estimate of drug-likeness (QED) is 0.505. The zero-order valence-electron chi connectivity index (χ0n) is 17.4. The first-order valence-electron chi connectivity index (χ1n) is 9.32. The van der Waals surface area contributed by atoms with Crippen LogP contribution in [0.25, 0.3) is 5.82 Å². The maximum absolute atomic E-state index is 12.7. The first-order chi connectivity index (χ1) is 15.5. The minimum absolute atomic E-state index is 0.0674. The number of nitrogens with zero attached hydrogens (tertiary/aromatic N) is 5. The Hall–Kier alpha value is -3.55. The molecule has 0 aliphatic carbocycles. The van der Waals surface area contributed by atoms with Gasteiger partial charge < -0.3 is 15.4 Å². The minimum atomic E-state index is -4.90. The molecule has 1 aromatic carbocycles. The maximum atomic E-state index is 12.7. The highest BCUT2D eigenvalue weighted by atomic mass is 79.9. The van der Waals surface area contributed by atoms with Crippen molar-refractivity contribution in [3.05, 3.63) is 58.0 Å². The van der Waals surface area contributed by atoms with Gasteiger partial charge in [0.05, 0.1) is 6.04 Å². The Balaban J connectivity index is 1.87. The van der Waals surface area contributed by atoms with Crippen LogP contribution in [0.5, 0.6) is 5.75 Å². The third-order valence-electron chi connectivity index (χ3n) is 4.17. The molecule has 3 rings (SSSR count). The number of aryl methyl sites for hydroxylation is 1. The van der Waals surface area contributed by atoms with Crippen LogP contribution < -0.4 is 15.4 Å². The van der Waals surface area contributed by atoms with Crippen molar-refractivity contribution >= 4 is 27.7 Å². The second kappa shape index (κ2) is 9.52. The molecule has 174 valence electrons. The van der Waals surface area contributed by atoms with Crippen LogP contribution in [-0.4, -0.2) is 50.0 Å². The van der Waals surface area contributed by atoms with Gasteiger partial charge in [0.25, 0.3) is 11.8 Å². The Labute approximate surface area is 193 Å². The van der Waals surface area contributed by atoms with Crippen molar-refractivity contribution in [3.8, 4) is 11.6 Å². The minimum Gasteiger partial charge on any atom is -0.406 e. The lowest BCUT2D eigenvalue weighted by molar-refractivity contribution is -0.274. The predicted octanol–water partition coefficient (Wildman–Crippen LogP) is 2.88. The normalized spacial score (nSPS) is 12.2. The van der Waals surface area contributed by atoms with Crippen molar-refractivity contribution in [2.45, 2.75) is 26.3 Å². The Morgan fingerprint density at radius 2 is 1.88 bits per heavy atom. The number of carbonyl (C=O) groups is 2. The van der Waals surface area contributed by atoms with Gasteiger partial charge in [-0.2, -0.15) is 4.68 Å². The van der Waals surface area contributed by atoms with Crippen LogP contribution in [0.3, 0.4) is 0 Å². The summed E-state index contributed by atoms with van der Waals surface area (Å²) in [4.78, 5) is 36.9. The molecule has 0 radical (unpaired) electrons. The number of halogens is 4. The van der Waals surface area contributed by atoms with E-state index in [4.69, 9.17) is 0 Å². The van der Waals surface area contributed by atoms with Crippen LogP contribution in [0.4, 0.5) is 13.2 Å². The topological polar surface area (TPSA) is 124 Å². The third-order valence-corrected chi connectivity index (χ3v) is 4.63. The Kier molecular flexibility index (Phi) is 6.95. The van der Waals surface area contributed by atoms with E-state index in [1.807, 2.05) is 0 Å². The molecule has 1 atom stereocenters. The number of ether oxygens (including phenoxy) is 1. The predicted molar refractivity (Wildman–Crippen MR) is 112 cm³/mol. The van der Waals surface area contributed by atoms with Gasteiger partial charge in [0.15, 0.2) is 11.6 Å². The van der Waals surface area contributed by atoms with Crippen molar-refractivity contribution in [3.63, 3.8) is 0 Å². The van der Waals surface area contributed by atoms with Crippen molar-refractivity contribution in [2.75, 3.05) is 7.05 Å². The van der Waals surface area contributed by atoms with E-state index in [9.17, 15) is 22.8 Å². The maximum Gasteiger partial charge on any atom is 0.573 e. The summed E-state index contributed by atoms with van der Waals surface area (Å²) < 4.78 is 43.1. The molecule has 0 unspecified atom stereocenters. The molecule has 0 saturated heterocycles. The largest absolute Gasteiger partial charge is 0.573 e. The fourth-order valence-corrected chi connectivity index (χ4v) is 3.30. The van der Waals surface area contributed by atoms with Crippen LogP contribution in [0.1, 0.15) is 45.5 Å². The Morgan fingerprint density at radius 1 is 1.15 bits per heavy atom. The average Bonchev–Trinajstić information content (AvgIpc) is 3.13. The first kappa shape index (κ1) is 24.1. The van der Waals surface area contributed by atoms with Gasteiger partial charge in [-0.1, -0.05) is 15.9 Å². The summed E-state index contributed by atoms with van der Waals surface area (Å²) in [5.74, 6) is -0.750. The Morgan fingerprint density at radius 3 is 2.55 bits per heavy atom. The highest BCUT2D eigenvalue weighted by Gasteiger charge is 2.31. The van der Waals surface area contributed by atoms with Crippen molar-refractivity contribution in [1.29, 1.82) is 0 Å². The number of aromatic nitrogens is 5. The van der Waals surface area contributed by atoms with Crippen LogP contribution in [0, 0.1) is 6.92 Å². The molecular formula is C19H17BrF3N7O3. The second-order valence-corrected chi connectivity index (χ2v) is 7.60. The number of hydrogen-bond donors (Lipinski definition) is 2. The molecule has 10 nitrogen and oxygen atoms in total. The number of hydrogen-bond acceptors (Lipinski definition) is 7. The molecule has 2 amide bonds. The Bertz CT molecular complexity index is 1200. The van der Waals surface area contributed by atoms with Crippen LogP contribution >= 0.6 is 15.9 Å². The number of rotatable bonds is 6. The van der Waals surface area contributed by atoms with E-state index in [0.717, 1.165) is 12.1 Å². The smallest absolute Gasteiger partial charge is 0.406 e. The highest BCUT2D eigenvalue weighted by molar-refractivity contribution is 9.10. The van der Waals surface area contributed by atoms with Gasteiger partial charge in [-0.15, -0.1) is 18.3 Å². The molecule has 14 heteroatoms. The molecule has 0 aliphatic rings. The van der Waals surface area contributed by atoms with Crippen molar-refractivity contribution < 1.29 is 27.5 Å². The van der Waals surface area contributed by atoms with Gasteiger partial charge in [-0.3, -0.25) is 9.59 Å². The van der Waals surface area contributed by atoms with Crippen molar-refractivity contribution in [2.24, 2.45) is 0 Å². The summed E-state index contributed by atoms with van der Waals surface area (Å²) >= 11 is 3.07. The molecule has 2 heterocycles. The number of carbonyl (C=O) groups excluding carboxylic acids is 2.